The Morgan fingerprint density at radius 2 is 2.00 bits per heavy atom. The molecule has 1 aromatic rings. The summed E-state index contributed by atoms with van der Waals surface area (Å²) >= 11 is 0. The van der Waals surface area contributed by atoms with Gasteiger partial charge in [-0.05, 0) is 25.8 Å². The van der Waals surface area contributed by atoms with Gasteiger partial charge in [0.05, 0.1) is 12.7 Å². The van der Waals surface area contributed by atoms with Gasteiger partial charge in [-0.2, -0.15) is 0 Å². The van der Waals surface area contributed by atoms with Crippen molar-refractivity contribution in [1.29, 1.82) is 0 Å². The molecule has 2 unspecified atom stereocenters. The molecule has 18 heavy (non-hydrogen) atoms. The molecular formula is C15H25NO2. The first-order valence-electron chi connectivity index (χ1n) is 6.62. The Bertz CT molecular complexity index is 363. The van der Waals surface area contributed by atoms with Crippen LogP contribution in [0.5, 0.6) is 5.75 Å². The zero-order chi connectivity index (χ0) is 13.6. The first kappa shape index (κ1) is 15.0. The number of hydrogen-bond acceptors (Lipinski definition) is 3. The van der Waals surface area contributed by atoms with E-state index in [1.807, 2.05) is 32.0 Å². The average Bonchev–Trinajstić information content (AvgIpc) is 2.40. The van der Waals surface area contributed by atoms with Gasteiger partial charge in [0.15, 0.2) is 0 Å². The van der Waals surface area contributed by atoms with E-state index in [9.17, 15) is 5.11 Å². The minimum Gasteiger partial charge on any atom is -0.496 e. The summed E-state index contributed by atoms with van der Waals surface area (Å²) in [4.78, 5) is 0. The molecule has 0 bridgehead atoms. The molecule has 2 atom stereocenters. The Balaban J connectivity index is 2.77. The number of rotatable bonds is 7. The smallest absolute Gasteiger partial charge is 0.123 e. The highest BCUT2D eigenvalue weighted by Crippen LogP contribution is 2.27. The lowest BCUT2D eigenvalue weighted by atomic mass is 10.00. The summed E-state index contributed by atoms with van der Waals surface area (Å²) in [7, 11) is 1.69. The second kappa shape index (κ2) is 6.76. The van der Waals surface area contributed by atoms with E-state index in [0.717, 1.165) is 24.2 Å². The van der Waals surface area contributed by atoms with Crippen LogP contribution in [0, 0.1) is 0 Å². The third-order valence-corrected chi connectivity index (χ3v) is 3.41. The van der Waals surface area contributed by atoms with Crippen molar-refractivity contribution in [1.82, 2.24) is 5.32 Å². The van der Waals surface area contributed by atoms with E-state index in [1.165, 1.54) is 0 Å². The first-order valence-corrected chi connectivity index (χ1v) is 6.62. The Labute approximate surface area is 110 Å². The summed E-state index contributed by atoms with van der Waals surface area (Å²) in [6.07, 6.45) is 1.70. The van der Waals surface area contributed by atoms with Gasteiger partial charge in [0, 0.05) is 18.2 Å². The van der Waals surface area contributed by atoms with Crippen molar-refractivity contribution in [3.05, 3.63) is 29.8 Å². The van der Waals surface area contributed by atoms with Gasteiger partial charge in [-0.15, -0.1) is 0 Å². The molecule has 0 aliphatic carbocycles. The number of para-hydroxylation sites is 1. The quantitative estimate of drug-likeness (QED) is 0.783. The van der Waals surface area contributed by atoms with E-state index in [0.29, 0.717) is 6.54 Å². The van der Waals surface area contributed by atoms with Crippen molar-refractivity contribution in [2.24, 2.45) is 0 Å². The van der Waals surface area contributed by atoms with E-state index in [2.05, 4.69) is 18.3 Å². The Morgan fingerprint density at radius 1 is 1.33 bits per heavy atom. The SMILES string of the molecule is CCC(NCC(C)(O)CC)c1ccccc1OC. The first-order chi connectivity index (χ1) is 8.54. The molecule has 3 heteroatoms. The van der Waals surface area contributed by atoms with Crippen LogP contribution in [0.25, 0.3) is 0 Å². The molecule has 1 aromatic carbocycles. The minimum absolute atomic E-state index is 0.208. The van der Waals surface area contributed by atoms with Crippen LogP contribution in [0.4, 0.5) is 0 Å². The monoisotopic (exact) mass is 251 g/mol. The van der Waals surface area contributed by atoms with Crippen molar-refractivity contribution in [2.75, 3.05) is 13.7 Å². The Morgan fingerprint density at radius 3 is 2.56 bits per heavy atom. The maximum atomic E-state index is 10.0. The molecule has 0 saturated heterocycles. The molecule has 0 saturated carbocycles. The summed E-state index contributed by atoms with van der Waals surface area (Å²) in [6, 6.07) is 8.23. The summed E-state index contributed by atoms with van der Waals surface area (Å²) in [5.41, 5.74) is 0.490. The molecule has 0 radical (unpaired) electrons. The van der Waals surface area contributed by atoms with E-state index >= 15 is 0 Å². The number of benzene rings is 1. The summed E-state index contributed by atoms with van der Waals surface area (Å²) in [6.45, 7) is 6.56. The molecule has 102 valence electrons. The van der Waals surface area contributed by atoms with Crippen LogP contribution in [-0.2, 0) is 0 Å². The lowest BCUT2D eigenvalue weighted by Gasteiger charge is -2.26. The zero-order valence-electron chi connectivity index (χ0n) is 11.9. The highest BCUT2D eigenvalue weighted by atomic mass is 16.5. The van der Waals surface area contributed by atoms with Gasteiger partial charge in [0.1, 0.15) is 5.75 Å². The van der Waals surface area contributed by atoms with Crippen LogP contribution >= 0.6 is 0 Å². The van der Waals surface area contributed by atoms with Crippen LogP contribution in [0.2, 0.25) is 0 Å². The van der Waals surface area contributed by atoms with E-state index < -0.39 is 5.60 Å². The molecule has 0 heterocycles. The molecular weight excluding hydrogens is 226 g/mol. The third kappa shape index (κ3) is 4.00. The Kier molecular flexibility index (Phi) is 5.63. The molecule has 0 fully saturated rings. The van der Waals surface area contributed by atoms with Gasteiger partial charge in [-0.25, -0.2) is 0 Å². The summed E-state index contributed by atoms with van der Waals surface area (Å²) < 4.78 is 5.38. The largest absolute Gasteiger partial charge is 0.496 e. The number of aliphatic hydroxyl groups is 1. The molecule has 1 rings (SSSR count). The molecule has 0 aliphatic heterocycles. The standard InChI is InChI=1S/C15H25NO2/c1-5-13(16-11-15(3,17)6-2)12-9-7-8-10-14(12)18-4/h7-10,13,16-17H,5-6,11H2,1-4H3. The van der Waals surface area contributed by atoms with Crippen LogP contribution in [0.3, 0.4) is 0 Å². The van der Waals surface area contributed by atoms with Crippen LogP contribution in [0.15, 0.2) is 24.3 Å². The minimum atomic E-state index is -0.657. The molecule has 0 amide bonds. The van der Waals surface area contributed by atoms with Gasteiger partial charge in [-0.1, -0.05) is 32.0 Å². The van der Waals surface area contributed by atoms with Gasteiger partial charge >= 0.3 is 0 Å². The summed E-state index contributed by atoms with van der Waals surface area (Å²) in [5.74, 6) is 0.896. The van der Waals surface area contributed by atoms with Crippen LogP contribution < -0.4 is 10.1 Å². The second-order valence-electron chi connectivity index (χ2n) is 4.93. The number of hydrogen-bond donors (Lipinski definition) is 2. The highest BCUT2D eigenvalue weighted by molar-refractivity contribution is 5.35. The predicted molar refractivity (Wildman–Crippen MR) is 74.9 cm³/mol. The van der Waals surface area contributed by atoms with E-state index in [-0.39, 0.29) is 6.04 Å². The fourth-order valence-corrected chi connectivity index (χ4v) is 1.90. The molecule has 0 spiro atoms. The van der Waals surface area contributed by atoms with Gasteiger partial charge in [-0.3, -0.25) is 0 Å². The lowest BCUT2D eigenvalue weighted by Crippen LogP contribution is -2.38. The lowest BCUT2D eigenvalue weighted by molar-refractivity contribution is 0.0525. The van der Waals surface area contributed by atoms with Crippen molar-refractivity contribution < 1.29 is 9.84 Å². The second-order valence-corrected chi connectivity index (χ2v) is 4.93. The van der Waals surface area contributed by atoms with Crippen molar-refractivity contribution >= 4 is 0 Å². The van der Waals surface area contributed by atoms with Crippen LogP contribution in [-0.4, -0.2) is 24.4 Å². The summed E-state index contributed by atoms with van der Waals surface area (Å²) in [5, 5.41) is 13.5. The third-order valence-electron chi connectivity index (χ3n) is 3.41. The highest BCUT2D eigenvalue weighted by Gasteiger charge is 2.20. The molecule has 0 aromatic heterocycles. The molecule has 2 N–H and O–H groups in total. The number of nitrogens with one attached hydrogen (secondary N) is 1. The van der Waals surface area contributed by atoms with Gasteiger partial charge in [0.25, 0.3) is 0 Å². The maximum absolute atomic E-state index is 10.0. The van der Waals surface area contributed by atoms with Crippen molar-refractivity contribution in [3.8, 4) is 5.75 Å². The molecule has 3 nitrogen and oxygen atoms in total. The fraction of sp³-hybridized carbons (Fsp3) is 0.600. The molecule has 0 aliphatic rings. The normalized spacial score (nSPS) is 16.1. The van der Waals surface area contributed by atoms with Crippen molar-refractivity contribution in [2.45, 2.75) is 45.3 Å². The van der Waals surface area contributed by atoms with E-state index in [1.54, 1.807) is 7.11 Å². The fourth-order valence-electron chi connectivity index (χ4n) is 1.90. The van der Waals surface area contributed by atoms with E-state index in [4.69, 9.17) is 4.74 Å². The maximum Gasteiger partial charge on any atom is 0.123 e. The topological polar surface area (TPSA) is 41.5 Å². The van der Waals surface area contributed by atoms with Gasteiger partial charge in [0.2, 0.25) is 0 Å². The predicted octanol–water partition coefficient (Wildman–Crippen LogP) is 2.90. The van der Waals surface area contributed by atoms with Crippen molar-refractivity contribution in [3.63, 3.8) is 0 Å². The van der Waals surface area contributed by atoms with Gasteiger partial charge < -0.3 is 15.2 Å². The zero-order valence-corrected chi connectivity index (χ0v) is 11.9. The Hall–Kier alpha value is -1.06. The number of ether oxygens (including phenoxy) is 1. The number of methoxy groups -OCH3 is 1. The van der Waals surface area contributed by atoms with Crippen LogP contribution in [0.1, 0.15) is 45.2 Å². The average molecular weight is 251 g/mol.